The number of likely N-dealkylation sites (tertiary alicyclic amines) is 3. The summed E-state index contributed by atoms with van der Waals surface area (Å²) in [5.41, 5.74) is 0.719. The number of piperidine rings is 2. The second-order valence-corrected chi connectivity index (χ2v) is 6.74. The van der Waals surface area contributed by atoms with Gasteiger partial charge in [-0.05, 0) is 71.4 Å². The second-order valence-electron chi connectivity index (χ2n) is 6.74. The van der Waals surface area contributed by atoms with Gasteiger partial charge in [0.2, 0.25) is 0 Å². The molecule has 0 unspecified atom stereocenters. The van der Waals surface area contributed by atoms with Crippen LogP contribution in [0.3, 0.4) is 0 Å². The Balaban J connectivity index is 1.48. The van der Waals surface area contributed by atoms with E-state index in [2.05, 4.69) is 28.8 Å². The van der Waals surface area contributed by atoms with Crippen LogP contribution in [-0.2, 0) is 0 Å². The van der Waals surface area contributed by atoms with Crippen molar-refractivity contribution in [3.05, 3.63) is 0 Å². The lowest BCUT2D eigenvalue weighted by molar-refractivity contribution is -0.0450. The fraction of sp³-hybridized carbons (Fsp3) is 1.00. The van der Waals surface area contributed by atoms with Crippen LogP contribution in [0.15, 0.2) is 0 Å². The molecule has 17 heavy (non-hydrogen) atoms. The van der Waals surface area contributed by atoms with Crippen molar-refractivity contribution in [2.75, 3.05) is 53.4 Å². The van der Waals surface area contributed by atoms with E-state index in [-0.39, 0.29) is 0 Å². The molecule has 0 aromatic rings. The average Bonchev–Trinajstić information content (AvgIpc) is 2.30. The zero-order chi connectivity index (χ0) is 11.9. The van der Waals surface area contributed by atoms with E-state index in [4.69, 9.17) is 0 Å². The summed E-state index contributed by atoms with van der Waals surface area (Å²) in [7, 11) is 4.51. The molecule has 0 N–H and O–H groups in total. The molecule has 98 valence electrons. The Labute approximate surface area is 106 Å². The van der Waals surface area contributed by atoms with Crippen LogP contribution in [0.4, 0.5) is 0 Å². The van der Waals surface area contributed by atoms with Crippen molar-refractivity contribution in [2.24, 2.45) is 5.41 Å². The van der Waals surface area contributed by atoms with Gasteiger partial charge < -0.3 is 14.7 Å². The summed E-state index contributed by atoms with van der Waals surface area (Å²) < 4.78 is 0. The van der Waals surface area contributed by atoms with Crippen molar-refractivity contribution in [3.8, 4) is 0 Å². The first-order chi connectivity index (χ1) is 8.17. The number of nitrogens with zero attached hydrogens (tertiary/aromatic N) is 3. The minimum absolute atomic E-state index is 0.719. The van der Waals surface area contributed by atoms with E-state index in [0.717, 1.165) is 11.5 Å². The van der Waals surface area contributed by atoms with Gasteiger partial charge in [-0.15, -0.1) is 0 Å². The molecule has 0 aliphatic carbocycles. The molecule has 0 amide bonds. The molecule has 3 heteroatoms. The van der Waals surface area contributed by atoms with Gasteiger partial charge in [-0.1, -0.05) is 0 Å². The molecule has 0 radical (unpaired) electrons. The minimum Gasteiger partial charge on any atom is -0.306 e. The molecule has 3 nitrogen and oxygen atoms in total. The highest BCUT2D eigenvalue weighted by atomic mass is 15.2. The summed E-state index contributed by atoms with van der Waals surface area (Å²) in [6.07, 6.45) is 5.68. The Kier molecular flexibility index (Phi) is 3.18. The first kappa shape index (κ1) is 11.9. The number of hydrogen-bond donors (Lipinski definition) is 0. The third kappa shape index (κ3) is 2.38. The molecule has 0 bridgehead atoms. The molecule has 0 atom stereocenters. The maximum Gasteiger partial charge on any atom is 0.0120 e. The summed E-state index contributed by atoms with van der Waals surface area (Å²) in [4.78, 5) is 7.74. The monoisotopic (exact) mass is 237 g/mol. The Morgan fingerprint density at radius 1 is 0.824 bits per heavy atom. The predicted molar refractivity (Wildman–Crippen MR) is 71.3 cm³/mol. The minimum atomic E-state index is 0.719. The van der Waals surface area contributed by atoms with E-state index in [1.807, 2.05) is 0 Å². The maximum atomic E-state index is 2.79. The summed E-state index contributed by atoms with van der Waals surface area (Å²) in [5.74, 6) is 0. The zero-order valence-electron chi connectivity index (χ0n) is 11.5. The molecule has 1 spiro atoms. The topological polar surface area (TPSA) is 9.72 Å². The standard InChI is InChI=1S/C14H27N3/c1-15-7-3-13(4-8-15)17-9-5-14(6-10-17)11-16(2)12-14/h13H,3-12H2,1-2H3. The van der Waals surface area contributed by atoms with Crippen LogP contribution in [0.2, 0.25) is 0 Å². The molecule has 3 fully saturated rings. The summed E-state index contributed by atoms with van der Waals surface area (Å²) in [6, 6.07) is 0.890. The number of hydrogen-bond acceptors (Lipinski definition) is 3. The summed E-state index contributed by atoms with van der Waals surface area (Å²) in [6.45, 7) is 8.04. The van der Waals surface area contributed by atoms with Gasteiger partial charge in [0.15, 0.2) is 0 Å². The van der Waals surface area contributed by atoms with Crippen molar-refractivity contribution in [2.45, 2.75) is 31.7 Å². The van der Waals surface area contributed by atoms with Gasteiger partial charge in [-0.25, -0.2) is 0 Å². The van der Waals surface area contributed by atoms with Crippen molar-refractivity contribution in [1.82, 2.24) is 14.7 Å². The molecular formula is C14H27N3. The maximum absolute atomic E-state index is 2.79. The van der Waals surface area contributed by atoms with Gasteiger partial charge in [0.1, 0.15) is 0 Å². The van der Waals surface area contributed by atoms with Crippen LogP contribution in [0, 0.1) is 5.41 Å². The van der Waals surface area contributed by atoms with E-state index in [9.17, 15) is 0 Å². The third-order valence-electron chi connectivity index (χ3n) is 5.27. The Morgan fingerprint density at radius 3 is 1.94 bits per heavy atom. The highest BCUT2D eigenvalue weighted by Crippen LogP contribution is 2.40. The highest BCUT2D eigenvalue weighted by Gasteiger charge is 2.43. The molecule has 0 saturated carbocycles. The first-order valence-electron chi connectivity index (χ1n) is 7.28. The third-order valence-corrected chi connectivity index (χ3v) is 5.27. The molecular weight excluding hydrogens is 210 g/mol. The summed E-state index contributed by atoms with van der Waals surface area (Å²) >= 11 is 0. The SMILES string of the molecule is CN1CCC(N2CCC3(CC2)CN(C)C3)CC1. The first-order valence-corrected chi connectivity index (χ1v) is 7.28. The Hall–Kier alpha value is -0.120. The van der Waals surface area contributed by atoms with Gasteiger partial charge >= 0.3 is 0 Å². The molecule has 3 aliphatic rings. The lowest BCUT2D eigenvalue weighted by Crippen LogP contribution is -2.60. The summed E-state index contributed by atoms with van der Waals surface area (Å²) in [5, 5.41) is 0. The van der Waals surface area contributed by atoms with Crippen LogP contribution < -0.4 is 0 Å². The highest BCUT2D eigenvalue weighted by molar-refractivity contribution is 4.98. The van der Waals surface area contributed by atoms with Crippen molar-refractivity contribution in [3.63, 3.8) is 0 Å². The van der Waals surface area contributed by atoms with E-state index >= 15 is 0 Å². The second kappa shape index (κ2) is 4.52. The molecule has 0 aromatic heterocycles. The fourth-order valence-corrected chi connectivity index (χ4v) is 4.14. The van der Waals surface area contributed by atoms with E-state index in [1.165, 1.54) is 65.0 Å². The van der Waals surface area contributed by atoms with E-state index < -0.39 is 0 Å². The van der Waals surface area contributed by atoms with Gasteiger partial charge in [-0.3, -0.25) is 0 Å². The quantitative estimate of drug-likeness (QED) is 0.676. The van der Waals surface area contributed by atoms with Gasteiger partial charge in [0.05, 0.1) is 0 Å². The van der Waals surface area contributed by atoms with Gasteiger partial charge in [-0.2, -0.15) is 0 Å². The van der Waals surface area contributed by atoms with E-state index in [1.54, 1.807) is 0 Å². The predicted octanol–water partition coefficient (Wildman–Crippen LogP) is 1.11. The largest absolute Gasteiger partial charge is 0.306 e. The molecule has 0 aromatic carbocycles. The Morgan fingerprint density at radius 2 is 1.41 bits per heavy atom. The van der Waals surface area contributed by atoms with Crippen molar-refractivity contribution < 1.29 is 0 Å². The van der Waals surface area contributed by atoms with Gasteiger partial charge in [0.25, 0.3) is 0 Å². The van der Waals surface area contributed by atoms with Crippen LogP contribution in [0.5, 0.6) is 0 Å². The molecule has 3 heterocycles. The lowest BCUT2D eigenvalue weighted by atomic mass is 9.72. The zero-order valence-corrected chi connectivity index (χ0v) is 11.5. The number of rotatable bonds is 1. The Bertz CT molecular complexity index is 255. The van der Waals surface area contributed by atoms with Crippen molar-refractivity contribution in [1.29, 1.82) is 0 Å². The van der Waals surface area contributed by atoms with Crippen LogP contribution in [0.25, 0.3) is 0 Å². The molecule has 3 aliphatic heterocycles. The average molecular weight is 237 g/mol. The molecule has 3 saturated heterocycles. The van der Waals surface area contributed by atoms with Gasteiger partial charge in [0, 0.05) is 19.1 Å². The van der Waals surface area contributed by atoms with Crippen LogP contribution in [0.1, 0.15) is 25.7 Å². The fourth-order valence-electron chi connectivity index (χ4n) is 4.14. The lowest BCUT2D eigenvalue weighted by Gasteiger charge is -2.54. The normalized spacial score (nSPS) is 32.8. The smallest absolute Gasteiger partial charge is 0.0120 e. The van der Waals surface area contributed by atoms with Crippen LogP contribution >= 0.6 is 0 Å². The van der Waals surface area contributed by atoms with Crippen LogP contribution in [-0.4, -0.2) is 74.1 Å². The van der Waals surface area contributed by atoms with E-state index in [0.29, 0.717) is 0 Å². The van der Waals surface area contributed by atoms with Crippen molar-refractivity contribution >= 4 is 0 Å². The molecule has 3 rings (SSSR count).